The zero-order valence-corrected chi connectivity index (χ0v) is 9.38. The highest BCUT2D eigenvalue weighted by atomic mass is 16.5. The van der Waals surface area contributed by atoms with Crippen molar-refractivity contribution in [1.29, 1.82) is 5.26 Å². The average molecular weight is 210 g/mol. The molecule has 0 aromatic rings. The topological polar surface area (TPSA) is 62.1 Å². The van der Waals surface area contributed by atoms with Gasteiger partial charge in [-0.25, -0.2) is 0 Å². The molecule has 0 heterocycles. The summed E-state index contributed by atoms with van der Waals surface area (Å²) in [5, 5.41) is 11.8. The van der Waals surface area contributed by atoms with Gasteiger partial charge in [-0.05, 0) is 32.1 Å². The van der Waals surface area contributed by atoms with Gasteiger partial charge in [0.05, 0.1) is 12.7 Å². The van der Waals surface area contributed by atoms with Gasteiger partial charge in [0, 0.05) is 13.0 Å². The van der Waals surface area contributed by atoms with Crippen LogP contribution in [0, 0.1) is 16.7 Å². The number of hydrogen-bond donors (Lipinski definition) is 1. The molecule has 0 aliphatic heterocycles. The summed E-state index contributed by atoms with van der Waals surface area (Å²) in [7, 11) is 0. The van der Waals surface area contributed by atoms with Crippen LogP contribution in [0.3, 0.4) is 0 Å². The summed E-state index contributed by atoms with van der Waals surface area (Å²) in [5.41, 5.74) is 0.134. The van der Waals surface area contributed by atoms with E-state index in [-0.39, 0.29) is 17.4 Å². The molecule has 84 valence electrons. The Morgan fingerprint density at radius 1 is 1.67 bits per heavy atom. The summed E-state index contributed by atoms with van der Waals surface area (Å²) < 4.78 is 4.88. The molecule has 0 spiro atoms. The van der Waals surface area contributed by atoms with Crippen LogP contribution >= 0.6 is 0 Å². The summed E-state index contributed by atoms with van der Waals surface area (Å²) in [4.78, 5) is 11.3. The van der Waals surface area contributed by atoms with E-state index in [1.807, 2.05) is 0 Å². The number of carbonyl (C=O) groups excluding carboxylic acids is 1. The highest BCUT2D eigenvalue weighted by Gasteiger charge is 2.42. The van der Waals surface area contributed by atoms with Crippen molar-refractivity contribution in [3.63, 3.8) is 0 Å². The smallest absolute Gasteiger partial charge is 0.322 e. The molecule has 1 atom stereocenters. The number of esters is 1. The van der Waals surface area contributed by atoms with E-state index in [0.717, 1.165) is 19.4 Å². The first-order valence-corrected chi connectivity index (χ1v) is 5.40. The van der Waals surface area contributed by atoms with E-state index in [1.165, 1.54) is 0 Å². The molecule has 0 amide bonds. The molecule has 0 radical (unpaired) electrons. The Hall–Kier alpha value is -1.08. The van der Waals surface area contributed by atoms with Crippen molar-refractivity contribution in [2.24, 2.45) is 5.41 Å². The van der Waals surface area contributed by atoms with Crippen molar-refractivity contribution >= 4 is 5.97 Å². The van der Waals surface area contributed by atoms with Crippen molar-refractivity contribution < 1.29 is 9.53 Å². The van der Waals surface area contributed by atoms with Gasteiger partial charge in [0.15, 0.2) is 0 Å². The van der Waals surface area contributed by atoms with Gasteiger partial charge in [-0.1, -0.05) is 0 Å². The highest BCUT2D eigenvalue weighted by Crippen LogP contribution is 2.47. The zero-order chi connectivity index (χ0) is 11.3. The third kappa shape index (κ3) is 3.52. The third-order valence-corrected chi connectivity index (χ3v) is 2.83. The van der Waals surface area contributed by atoms with Gasteiger partial charge < -0.3 is 10.1 Å². The number of nitrogens with one attached hydrogen (secondary N) is 1. The lowest BCUT2D eigenvalue weighted by atomic mass is 10.0. The second kappa shape index (κ2) is 5.13. The van der Waals surface area contributed by atoms with Crippen molar-refractivity contribution in [3.8, 4) is 6.07 Å². The lowest BCUT2D eigenvalue weighted by molar-refractivity contribution is -0.145. The zero-order valence-electron chi connectivity index (χ0n) is 9.38. The number of ether oxygens (including phenoxy) is 1. The third-order valence-electron chi connectivity index (χ3n) is 2.83. The molecular formula is C11H18N2O2. The van der Waals surface area contributed by atoms with Crippen LogP contribution in [-0.4, -0.2) is 25.2 Å². The van der Waals surface area contributed by atoms with E-state index in [1.54, 1.807) is 13.8 Å². The Morgan fingerprint density at radius 2 is 2.33 bits per heavy atom. The van der Waals surface area contributed by atoms with Gasteiger partial charge in [-0.3, -0.25) is 4.79 Å². The van der Waals surface area contributed by atoms with E-state index in [0.29, 0.717) is 13.0 Å². The molecule has 4 nitrogen and oxygen atoms in total. The maximum Gasteiger partial charge on any atom is 0.322 e. The predicted octanol–water partition coefficient (Wildman–Crippen LogP) is 1.22. The summed E-state index contributed by atoms with van der Waals surface area (Å²) in [5.74, 6) is -0.217. The maximum atomic E-state index is 11.3. The Morgan fingerprint density at radius 3 is 2.80 bits per heavy atom. The monoisotopic (exact) mass is 210 g/mol. The Balaban J connectivity index is 2.25. The normalized spacial score (nSPS) is 19.0. The highest BCUT2D eigenvalue weighted by molar-refractivity contribution is 5.75. The van der Waals surface area contributed by atoms with Crippen LogP contribution in [0.15, 0.2) is 0 Å². The lowest BCUT2D eigenvalue weighted by Crippen LogP contribution is -2.38. The molecule has 1 aliphatic rings. The molecule has 4 heteroatoms. The number of rotatable bonds is 6. The Kier molecular flexibility index (Phi) is 4.10. The number of nitriles is 1. The lowest BCUT2D eigenvalue weighted by Gasteiger charge is -2.16. The van der Waals surface area contributed by atoms with E-state index in [2.05, 4.69) is 11.4 Å². The Bertz CT molecular complexity index is 266. The van der Waals surface area contributed by atoms with Crippen molar-refractivity contribution in [3.05, 3.63) is 0 Å². The Labute approximate surface area is 90.6 Å². The SMILES string of the molecule is CCOC(=O)C(C)NCC1(CC#N)CC1. The van der Waals surface area contributed by atoms with Crippen molar-refractivity contribution in [2.45, 2.75) is 39.2 Å². The summed E-state index contributed by atoms with van der Waals surface area (Å²) in [6, 6.07) is 1.92. The van der Waals surface area contributed by atoms with Crippen LogP contribution in [0.25, 0.3) is 0 Å². The predicted molar refractivity (Wildman–Crippen MR) is 56.0 cm³/mol. The van der Waals surface area contributed by atoms with Gasteiger partial charge in [-0.15, -0.1) is 0 Å². The molecular weight excluding hydrogens is 192 g/mol. The molecule has 1 rings (SSSR count). The first-order valence-electron chi connectivity index (χ1n) is 5.40. The number of nitrogens with zero attached hydrogens (tertiary/aromatic N) is 1. The fraction of sp³-hybridized carbons (Fsp3) is 0.818. The van der Waals surface area contributed by atoms with Crippen molar-refractivity contribution in [2.75, 3.05) is 13.2 Å². The average Bonchev–Trinajstić information content (AvgIpc) is 2.96. The second-order valence-electron chi connectivity index (χ2n) is 4.19. The largest absolute Gasteiger partial charge is 0.465 e. The van der Waals surface area contributed by atoms with E-state index in [9.17, 15) is 4.79 Å². The van der Waals surface area contributed by atoms with E-state index in [4.69, 9.17) is 10.00 Å². The summed E-state index contributed by atoms with van der Waals surface area (Å²) in [6.07, 6.45) is 2.75. The number of hydrogen-bond acceptors (Lipinski definition) is 4. The first-order chi connectivity index (χ1) is 7.13. The second-order valence-corrected chi connectivity index (χ2v) is 4.19. The quantitative estimate of drug-likeness (QED) is 0.670. The van der Waals surface area contributed by atoms with Crippen LogP contribution in [0.4, 0.5) is 0 Å². The van der Waals surface area contributed by atoms with Crippen LogP contribution < -0.4 is 5.32 Å². The van der Waals surface area contributed by atoms with Gasteiger partial charge in [0.2, 0.25) is 0 Å². The molecule has 1 saturated carbocycles. The van der Waals surface area contributed by atoms with Gasteiger partial charge in [0.1, 0.15) is 6.04 Å². The van der Waals surface area contributed by atoms with Gasteiger partial charge in [-0.2, -0.15) is 5.26 Å². The van der Waals surface area contributed by atoms with E-state index >= 15 is 0 Å². The fourth-order valence-corrected chi connectivity index (χ4v) is 1.48. The molecule has 1 N–H and O–H groups in total. The molecule has 0 saturated heterocycles. The molecule has 15 heavy (non-hydrogen) atoms. The van der Waals surface area contributed by atoms with Crippen LogP contribution in [0.5, 0.6) is 0 Å². The molecule has 1 unspecified atom stereocenters. The minimum absolute atomic E-state index is 0.134. The molecule has 1 fully saturated rings. The van der Waals surface area contributed by atoms with Gasteiger partial charge >= 0.3 is 5.97 Å². The van der Waals surface area contributed by atoms with Crippen LogP contribution in [0.2, 0.25) is 0 Å². The molecule has 0 aromatic heterocycles. The minimum Gasteiger partial charge on any atom is -0.465 e. The molecule has 0 bridgehead atoms. The first kappa shape index (κ1) is 12.0. The van der Waals surface area contributed by atoms with Crippen LogP contribution in [-0.2, 0) is 9.53 Å². The van der Waals surface area contributed by atoms with Gasteiger partial charge in [0.25, 0.3) is 0 Å². The molecule has 1 aliphatic carbocycles. The van der Waals surface area contributed by atoms with Crippen molar-refractivity contribution in [1.82, 2.24) is 5.32 Å². The molecule has 0 aromatic carbocycles. The summed E-state index contributed by atoms with van der Waals surface area (Å²) in [6.45, 7) is 4.73. The van der Waals surface area contributed by atoms with E-state index < -0.39 is 0 Å². The number of carbonyl (C=O) groups is 1. The fourth-order valence-electron chi connectivity index (χ4n) is 1.48. The maximum absolute atomic E-state index is 11.3. The summed E-state index contributed by atoms with van der Waals surface area (Å²) >= 11 is 0. The minimum atomic E-state index is -0.277. The van der Waals surface area contributed by atoms with Crippen LogP contribution in [0.1, 0.15) is 33.1 Å². The standard InChI is InChI=1S/C11H18N2O2/c1-3-15-10(14)9(2)13-8-11(4-5-11)6-7-12/h9,13H,3-6,8H2,1-2H3.